The molecule has 0 aliphatic carbocycles. The fourth-order valence-corrected chi connectivity index (χ4v) is 2.70. The van der Waals surface area contributed by atoms with Gasteiger partial charge >= 0.3 is 0 Å². The van der Waals surface area contributed by atoms with Crippen LogP contribution < -0.4 is 10.1 Å². The minimum atomic E-state index is -0.183. The molecule has 1 aromatic heterocycles. The predicted octanol–water partition coefficient (Wildman–Crippen LogP) is 3.58. The number of ether oxygens (including phenoxy) is 1. The van der Waals surface area contributed by atoms with Gasteiger partial charge < -0.3 is 10.1 Å². The van der Waals surface area contributed by atoms with E-state index in [-0.39, 0.29) is 5.91 Å². The molecule has 0 bridgehead atoms. The van der Waals surface area contributed by atoms with Gasteiger partial charge in [-0.3, -0.25) is 9.89 Å². The number of rotatable bonds is 7. The molecule has 0 saturated heterocycles. The number of para-hydroxylation sites is 1. The maximum absolute atomic E-state index is 12.2. The molecule has 26 heavy (non-hydrogen) atoms. The molecule has 5 nitrogen and oxygen atoms in total. The first-order valence-electron chi connectivity index (χ1n) is 8.68. The summed E-state index contributed by atoms with van der Waals surface area (Å²) in [7, 11) is 0. The number of hydrogen-bond acceptors (Lipinski definition) is 3. The Hall–Kier alpha value is -3.08. The second kappa shape index (κ2) is 8.34. The lowest BCUT2D eigenvalue weighted by Crippen LogP contribution is -2.26. The van der Waals surface area contributed by atoms with Gasteiger partial charge in [0.25, 0.3) is 5.91 Å². The van der Waals surface area contributed by atoms with Gasteiger partial charge in [-0.1, -0.05) is 42.0 Å². The van der Waals surface area contributed by atoms with Crippen molar-refractivity contribution in [1.82, 2.24) is 15.5 Å². The summed E-state index contributed by atoms with van der Waals surface area (Å²) in [5, 5.41) is 9.83. The lowest BCUT2D eigenvalue weighted by Gasteiger charge is -2.07. The van der Waals surface area contributed by atoms with Gasteiger partial charge in [0.05, 0.1) is 5.69 Å². The molecule has 0 aliphatic heterocycles. The zero-order valence-electron chi connectivity index (χ0n) is 15.1. The van der Waals surface area contributed by atoms with Gasteiger partial charge in [0.15, 0.2) is 0 Å². The number of aromatic amines is 1. The van der Waals surface area contributed by atoms with E-state index in [0.717, 1.165) is 17.9 Å². The van der Waals surface area contributed by atoms with Crippen LogP contribution in [0.4, 0.5) is 0 Å². The second-order valence-electron chi connectivity index (χ2n) is 6.32. The molecular weight excluding hydrogens is 326 g/mol. The van der Waals surface area contributed by atoms with Gasteiger partial charge in [-0.2, -0.15) is 5.10 Å². The number of aromatic nitrogens is 2. The molecule has 134 valence electrons. The van der Waals surface area contributed by atoms with E-state index in [1.54, 1.807) is 6.07 Å². The summed E-state index contributed by atoms with van der Waals surface area (Å²) < 4.78 is 5.65. The number of nitrogens with zero attached hydrogens (tertiary/aromatic N) is 1. The van der Waals surface area contributed by atoms with Crippen molar-refractivity contribution in [3.8, 4) is 5.75 Å². The van der Waals surface area contributed by atoms with E-state index in [1.165, 1.54) is 16.7 Å². The Morgan fingerprint density at radius 2 is 1.92 bits per heavy atom. The third-order valence-electron chi connectivity index (χ3n) is 4.19. The normalized spacial score (nSPS) is 10.5. The van der Waals surface area contributed by atoms with E-state index in [9.17, 15) is 4.79 Å². The van der Waals surface area contributed by atoms with Crippen LogP contribution in [-0.4, -0.2) is 22.6 Å². The third kappa shape index (κ3) is 4.72. The van der Waals surface area contributed by atoms with Gasteiger partial charge in [0.2, 0.25) is 0 Å². The number of amides is 1. The van der Waals surface area contributed by atoms with Gasteiger partial charge in [0, 0.05) is 6.54 Å². The van der Waals surface area contributed by atoms with Crippen molar-refractivity contribution in [3.05, 3.63) is 82.7 Å². The highest BCUT2D eigenvalue weighted by Crippen LogP contribution is 2.12. The van der Waals surface area contributed by atoms with E-state index in [1.807, 2.05) is 30.3 Å². The number of carbonyl (C=O) groups is 1. The van der Waals surface area contributed by atoms with Gasteiger partial charge in [-0.25, -0.2) is 0 Å². The van der Waals surface area contributed by atoms with Gasteiger partial charge in [-0.05, 0) is 49.6 Å². The van der Waals surface area contributed by atoms with Crippen molar-refractivity contribution in [2.24, 2.45) is 0 Å². The van der Waals surface area contributed by atoms with Gasteiger partial charge in [-0.15, -0.1) is 0 Å². The van der Waals surface area contributed by atoms with E-state index >= 15 is 0 Å². The van der Waals surface area contributed by atoms with Crippen LogP contribution in [0.5, 0.6) is 5.75 Å². The average Bonchev–Trinajstić information content (AvgIpc) is 3.13. The lowest BCUT2D eigenvalue weighted by atomic mass is 10.0. The zero-order valence-corrected chi connectivity index (χ0v) is 15.1. The predicted molar refractivity (Wildman–Crippen MR) is 101 cm³/mol. The highest BCUT2D eigenvalue weighted by atomic mass is 16.5. The highest BCUT2D eigenvalue weighted by Gasteiger charge is 2.10. The number of carbonyl (C=O) groups excluding carboxylic acids is 1. The fraction of sp³-hybridized carbons (Fsp3) is 0.238. The Labute approximate surface area is 153 Å². The summed E-state index contributed by atoms with van der Waals surface area (Å²) in [6, 6.07) is 17.6. The molecule has 3 aromatic rings. The summed E-state index contributed by atoms with van der Waals surface area (Å²) in [6.07, 6.45) is 0.799. The molecular formula is C21H23N3O2. The highest BCUT2D eigenvalue weighted by molar-refractivity contribution is 5.92. The number of hydrogen-bond donors (Lipinski definition) is 2. The fourth-order valence-electron chi connectivity index (χ4n) is 2.70. The zero-order chi connectivity index (χ0) is 18.4. The van der Waals surface area contributed by atoms with Crippen molar-refractivity contribution in [2.75, 3.05) is 6.54 Å². The van der Waals surface area contributed by atoms with Gasteiger partial charge in [0.1, 0.15) is 18.1 Å². The Morgan fingerprint density at radius 3 is 2.73 bits per heavy atom. The number of H-pyrrole nitrogens is 1. The van der Waals surface area contributed by atoms with Crippen LogP contribution in [0.2, 0.25) is 0 Å². The van der Waals surface area contributed by atoms with Crippen LogP contribution in [0.1, 0.15) is 32.9 Å². The van der Waals surface area contributed by atoms with Crippen LogP contribution in [-0.2, 0) is 13.0 Å². The molecule has 0 atom stereocenters. The topological polar surface area (TPSA) is 67.0 Å². The maximum Gasteiger partial charge on any atom is 0.271 e. The molecule has 0 saturated carbocycles. The molecule has 5 heteroatoms. The Bertz CT molecular complexity index is 872. The van der Waals surface area contributed by atoms with E-state index in [4.69, 9.17) is 4.74 Å². The van der Waals surface area contributed by atoms with Crippen molar-refractivity contribution < 1.29 is 9.53 Å². The van der Waals surface area contributed by atoms with Crippen molar-refractivity contribution in [3.63, 3.8) is 0 Å². The van der Waals surface area contributed by atoms with Crippen LogP contribution in [0.25, 0.3) is 0 Å². The minimum absolute atomic E-state index is 0.183. The van der Waals surface area contributed by atoms with Crippen molar-refractivity contribution in [2.45, 2.75) is 26.9 Å². The third-order valence-corrected chi connectivity index (χ3v) is 4.19. The molecule has 0 spiro atoms. The van der Waals surface area contributed by atoms with E-state index in [0.29, 0.717) is 18.8 Å². The molecule has 0 fully saturated rings. The number of benzene rings is 2. The molecule has 0 unspecified atom stereocenters. The Morgan fingerprint density at radius 1 is 1.12 bits per heavy atom. The van der Waals surface area contributed by atoms with E-state index in [2.05, 4.69) is 47.6 Å². The Kier molecular flexibility index (Phi) is 5.69. The summed E-state index contributed by atoms with van der Waals surface area (Å²) in [6.45, 7) is 5.08. The molecule has 0 aliphatic rings. The van der Waals surface area contributed by atoms with Crippen LogP contribution in [0.3, 0.4) is 0 Å². The summed E-state index contributed by atoms with van der Waals surface area (Å²) >= 11 is 0. The lowest BCUT2D eigenvalue weighted by molar-refractivity contribution is 0.0949. The molecule has 3 rings (SSSR count). The smallest absolute Gasteiger partial charge is 0.271 e. The first-order chi connectivity index (χ1) is 12.6. The van der Waals surface area contributed by atoms with Crippen LogP contribution in [0, 0.1) is 13.8 Å². The monoisotopic (exact) mass is 349 g/mol. The molecule has 1 heterocycles. The average molecular weight is 349 g/mol. The molecule has 1 amide bonds. The summed E-state index contributed by atoms with van der Waals surface area (Å²) in [5.74, 6) is 0.596. The Balaban J connectivity index is 1.49. The second-order valence-corrected chi connectivity index (χ2v) is 6.32. The first kappa shape index (κ1) is 17.7. The molecule has 2 N–H and O–H groups in total. The van der Waals surface area contributed by atoms with Crippen molar-refractivity contribution in [1.29, 1.82) is 0 Å². The number of nitrogens with one attached hydrogen (secondary N) is 2. The molecule has 2 aromatic carbocycles. The van der Waals surface area contributed by atoms with Crippen LogP contribution in [0.15, 0.2) is 54.6 Å². The largest absolute Gasteiger partial charge is 0.487 e. The molecule has 0 radical (unpaired) electrons. The standard InChI is InChI=1S/C21H23N3O2/c1-15-8-9-16(2)17(12-15)10-11-22-21(25)20-13-18(23-24-20)14-26-19-6-4-3-5-7-19/h3-9,12-13H,10-11,14H2,1-2H3,(H,22,25)(H,23,24). The van der Waals surface area contributed by atoms with Crippen LogP contribution >= 0.6 is 0 Å². The maximum atomic E-state index is 12.2. The number of aryl methyl sites for hydroxylation is 2. The minimum Gasteiger partial charge on any atom is -0.487 e. The summed E-state index contributed by atoms with van der Waals surface area (Å²) in [4.78, 5) is 12.2. The first-order valence-corrected chi connectivity index (χ1v) is 8.68. The SMILES string of the molecule is Cc1ccc(C)c(CCNC(=O)c2cc(COc3ccccc3)[nH]n2)c1. The van der Waals surface area contributed by atoms with E-state index < -0.39 is 0 Å². The quantitative estimate of drug-likeness (QED) is 0.685. The summed E-state index contributed by atoms with van der Waals surface area (Å²) in [5.41, 5.74) is 4.85. The van der Waals surface area contributed by atoms with Crippen molar-refractivity contribution >= 4 is 5.91 Å².